The maximum absolute atomic E-state index is 13.0. The number of benzene rings is 1. The van der Waals surface area contributed by atoms with Gasteiger partial charge in [0, 0.05) is 19.5 Å². The van der Waals surface area contributed by atoms with E-state index in [1.165, 1.54) is 0 Å². The first kappa shape index (κ1) is 18.7. The van der Waals surface area contributed by atoms with E-state index in [2.05, 4.69) is 10.3 Å². The molecule has 9 heteroatoms. The molecule has 0 radical (unpaired) electrons. The highest BCUT2D eigenvalue weighted by molar-refractivity contribution is 6.10. The molecule has 2 atom stereocenters. The number of anilines is 1. The van der Waals surface area contributed by atoms with E-state index in [4.69, 9.17) is 16.6 Å². The number of carboxylic acids is 1. The highest BCUT2D eigenvalue weighted by atomic mass is 16.4. The van der Waals surface area contributed by atoms with Crippen LogP contribution in [0.5, 0.6) is 0 Å². The average molecular weight is 373 g/mol. The van der Waals surface area contributed by atoms with Crippen LogP contribution < -0.4 is 16.8 Å². The summed E-state index contributed by atoms with van der Waals surface area (Å²) < 4.78 is 0. The third-order valence-electron chi connectivity index (χ3n) is 4.98. The Morgan fingerprint density at radius 1 is 1.33 bits per heavy atom. The van der Waals surface area contributed by atoms with Crippen LogP contribution in [0.2, 0.25) is 0 Å². The summed E-state index contributed by atoms with van der Waals surface area (Å²) in [4.78, 5) is 42.0. The largest absolute Gasteiger partial charge is 0.481 e. The van der Waals surface area contributed by atoms with Crippen LogP contribution in [0.4, 0.5) is 5.69 Å². The fourth-order valence-corrected chi connectivity index (χ4v) is 3.64. The number of hydrogen-bond donors (Lipinski definition) is 4. The maximum atomic E-state index is 13.0. The van der Waals surface area contributed by atoms with Crippen LogP contribution in [0.25, 0.3) is 0 Å². The van der Waals surface area contributed by atoms with E-state index in [0.717, 1.165) is 5.56 Å². The Hall–Kier alpha value is -3.10. The Bertz CT molecular complexity index is 803. The number of nitrogens with two attached hydrogens (primary N) is 2. The molecule has 0 aliphatic carbocycles. The Labute approximate surface area is 156 Å². The van der Waals surface area contributed by atoms with Crippen molar-refractivity contribution in [2.45, 2.75) is 31.7 Å². The van der Waals surface area contributed by atoms with Crippen LogP contribution in [0.1, 0.15) is 35.2 Å². The van der Waals surface area contributed by atoms with E-state index in [1.807, 2.05) is 0 Å². The molecule has 3 rings (SSSR count). The number of rotatable bonds is 6. The van der Waals surface area contributed by atoms with Crippen LogP contribution in [-0.4, -0.2) is 52.9 Å². The first-order chi connectivity index (χ1) is 12.8. The standard InChI is InChI=1S/C18H23N5O4/c19-18(20)21-6-5-11-8-14-16(26)22-13-3-1-10(2-4-15(24)25)7-12(13)17(27)23(14)9-11/h1,3,7,11,14H,2,4-6,8-9H2,(H,22,26)(H,24,25)(H4,19,20,21)/t11-,14-/m0/s1. The van der Waals surface area contributed by atoms with E-state index in [0.29, 0.717) is 43.6 Å². The molecule has 144 valence electrons. The molecule has 2 aliphatic rings. The van der Waals surface area contributed by atoms with E-state index in [-0.39, 0.29) is 30.1 Å². The predicted molar refractivity (Wildman–Crippen MR) is 99.3 cm³/mol. The Morgan fingerprint density at radius 2 is 2.11 bits per heavy atom. The van der Waals surface area contributed by atoms with Crippen molar-refractivity contribution < 1.29 is 19.5 Å². The number of guanidine groups is 1. The fourth-order valence-electron chi connectivity index (χ4n) is 3.64. The first-order valence-corrected chi connectivity index (χ1v) is 8.87. The van der Waals surface area contributed by atoms with Gasteiger partial charge in [-0.2, -0.15) is 0 Å². The number of aryl methyl sites for hydroxylation is 1. The van der Waals surface area contributed by atoms with Gasteiger partial charge < -0.3 is 26.8 Å². The number of carboxylic acid groups (broad SMARTS) is 1. The molecule has 0 aromatic heterocycles. The van der Waals surface area contributed by atoms with Gasteiger partial charge in [0.15, 0.2) is 5.96 Å². The minimum atomic E-state index is -0.896. The van der Waals surface area contributed by atoms with Crippen molar-refractivity contribution in [1.29, 1.82) is 0 Å². The summed E-state index contributed by atoms with van der Waals surface area (Å²) in [6, 6.07) is 4.57. The summed E-state index contributed by atoms with van der Waals surface area (Å²) in [5.74, 6) is -1.14. The highest BCUT2D eigenvalue weighted by Gasteiger charge is 2.42. The van der Waals surface area contributed by atoms with Crippen molar-refractivity contribution in [1.82, 2.24) is 4.90 Å². The van der Waals surface area contributed by atoms with Crippen LogP contribution in [-0.2, 0) is 16.0 Å². The lowest BCUT2D eigenvalue weighted by molar-refractivity contribution is -0.137. The lowest BCUT2D eigenvalue weighted by Crippen LogP contribution is -2.40. The van der Waals surface area contributed by atoms with E-state index >= 15 is 0 Å². The number of nitrogens with one attached hydrogen (secondary N) is 1. The molecule has 2 heterocycles. The second-order valence-electron chi connectivity index (χ2n) is 6.93. The first-order valence-electron chi connectivity index (χ1n) is 8.87. The summed E-state index contributed by atoms with van der Waals surface area (Å²) in [5, 5.41) is 11.7. The van der Waals surface area contributed by atoms with Crippen molar-refractivity contribution >= 4 is 29.4 Å². The summed E-state index contributed by atoms with van der Waals surface area (Å²) in [7, 11) is 0. The Balaban J connectivity index is 1.78. The van der Waals surface area contributed by atoms with E-state index in [1.54, 1.807) is 23.1 Å². The van der Waals surface area contributed by atoms with Crippen molar-refractivity contribution in [2.24, 2.45) is 22.4 Å². The molecule has 0 unspecified atom stereocenters. The second kappa shape index (κ2) is 7.65. The van der Waals surface area contributed by atoms with Crippen molar-refractivity contribution in [2.75, 3.05) is 18.4 Å². The van der Waals surface area contributed by atoms with Gasteiger partial charge >= 0.3 is 5.97 Å². The van der Waals surface area contributed by atoms with Crippen molar-refractivity contribution in [3.63, 3.8) is 0 Å². The third kappa shape index (κ3) is 4.18. The molecule has 0 spiro atoms. The molecule has 1 aromatic rings. The fraction of sp³-hybridized carbons (Fsp3) is 0.444. The summed E-state index contributed by atoms with van der Waals surface area (Å²) in [6.07, 6.45) is 1.57. The van der Waals surface area contributed by atoms with Crippen LogP contribution in [0, 0.1) is 5.92 Å². The highest BCUT2D eigenvalue weighted by Crippen LogP contribution is 2.33. The smallest absolute Gasteiger partial charge is 0.303 e. The second-order valence-corrected chi connectivity index (χ2v) is 6.93. The van der Waals surface area contributed by atoms with Crippen LogP contribution in [0.15, 0.2) is 23.2 Å². The monoisotopic (exact) mass is 373 g/mol. The Morgan fingerprint density at radius 3 is 2.81 bits per heavy atom. The van der Waals surface area contributed by atoms with Gasteiger partial charge in [-0.05, 0) is 42.9 Å². The lowest BCUT2D eigenvalue weighted by Gasteiger charge is -2.20. The SMILES string of the molecule is NC(N)=NCC[C@H]1C[C@H]2C(=O)Nc3ccc(CCC(=O)O)cc3C(=O)N2C1. The molecule has 1 aromatic carbocycles. The van der Waals surface area contributed by atoms with Crippen LogP contribution in [0.3, 0.4) is 0 Å². The van der Waals surface area contributed by atoms with E-state index in [9.17, 15) is 14.4 Å². The number of carbonyl (C=O) groups is 3. The van der Waals surface area contributed by atoms with Gasteiger partial charge in [-0.3, -0.25) is 19.4 Å². The number of aliphatic carboxylic acids is 1. The molecule has 2 aliphatic heterocycles. The number of hydrogen-bond acceptors (Lipinski definition) is 4. The minimum absolute atomic E-state index is 0.0153. The lowest BCUT2D eigenvalue weighted by atomic mass is 10.0. The van der Waals surface area contributed by atoms with Crippen molar-refractivity contribution in [3.05, 3.63) is 29.3 Å². The summed E-state index contributed by atoms with van der Waals surface area (Å²) >= 11 is 0. The summed E-state index contributed by atoms with van der Waals surface area (Å²) in [6.45, 7) is 0.926. The molecular formula is C18H23N5O4. The maximum Gasteiger partial charge on any atom is 0.303 e. The van der Waals surface area contributed by atoms with Crippen LogP contribution >= 0.6 is 0 Å². The van der Waals surface area contributed by atoms with Crippen molar-refractivity contribution in [3.8, 4) is 0 Å². The molecular weight excluding hydrogens is 350 g/mol. The molecule has 27 heavy (non-hydrogen) atoms. The molecule has 2 amide bonds. The molecule has 6 N–H and O–H groups in total. The van der Waals surface area contributed by atoms with E-state index < -0.39 is 12.0 Å². The normalized spacial score (nSPS) is 21.1. The average Bonchev–Trinajstić information content (AvgIpc) is 3.00. The van der Waals surface area contributed by atoms with Gasteiger partial charge in [-0.1, -0.05) is 6.07 Å². The zero-order valence-corrected chi connectivity index (χ0v) is 14.9. The predicted octanol–water partition coefficient (Wildman–Crippen LogP) is 0.150. The molecule has 0 saturated carbocycles. The van der Waals surface area contributed by atoms with Gasteiger partial charge in [-0.25, -0.2) is 0 Å². The quantitative estimate of drug-likeness (QED) is 0.411. The minimum Gasteiger partial charge on any atom is -0.481 e. The number of fused-ring (bicyclic) bond motifs is 2. The Kier molecular flexibility index (Phi) is 5.29. The van der Waals surface area contributed by atoms with Gasteiger partial charge in [0.2, 0.25) is 5.91 Å². The number of amides is 2. The van der Waals surface area contributed by atoms with Gasteiger partial charge in [0.1, 0.15) is 6.04 Å². The molecule has 9 nitrogen and oxygen atoms in total. The van der Waals surface area contributed by atoms with Gasteiger partial charge in [-0.15, -0.1) is 0 Å². The zero-order valence-electron chi connectivity index (χ0n) is 14.9. The topological polar surface area (TPSA) is 151 Å². The zero-order chi connectivity index (χ0) is 19.6. The van der Waals surface area contributed by atoms with Gasteiger partial charge in [0.05, 0.1) is 11.3 Å². The third-order valence-corrected chi connectivity index (χ3v) is 4.98. The number of aliphatic imine (C=N–C) groups is 1. The number of carbonyl (C=O) groups excluding carboxylic acids is 2. The molecule has 1 fully saturated rings. The summed E-state index contributed by atoms with van der Waals surface area (Å²) in [5.41, 5.74) is 12.3. The molecule has 0 bridgehead atoms. The molecule has 1 saturated heterocycles. The number of nitrogens with zero attached hydrogens (tertiary/aromatic N) is 2. The van der Waals surface area contributed by atoms with Gasteiger partial charge in [0.25, 0.3) is 5.91 Å².